The Hall–Kier alpha value is -1.52. The molecule has 4 atom stereocenters. The van der Waals surface area contributed by atoms with Gasteiger partial charge in [-0.2, -0.15) is 0 Å². The van der Waals surface area contributed by atoms with Crippen molar-refractivity contribution >= 4 is 21.6 Å². The lowest BCUT2D eigenvalue weighted by molar-refractivity contribution is 0.240. The summed E-state index contributed by atoms with van der Waals surface area (Å²) in [5.41, 5.74) is 12.9. The topological polar surface area (TPSA) is 72.5 Å². The standard InChI is InChI=1S/C26H33BNO3P/c27-25-6-2-5-19(16-25)3-1-4-20-7-8-22-17-23(10-9-21(22)15-20)24-11-12-26(28,18-24)13-14-31-32(29)30/h2,5-6,9-10,16-17,20,24H,1,3-4,7-8,11-15,18,28H2/p+1/t20?,24-,26+/m1/s1. The molecule has 2 radical (unpaired) electrons. The Bertz CT molecular complexity index is 952. The molecule has 0 spiro atoms. The molecule has 6 heteroatoms. The van der Waals surface area contributed by atoms with Crippen molar-refractivity contribution in [1.82, 2.24) is 0 Å². The van der Waals surface area contributed by atoms with Crippen molar-refractivity contribution in [3.8, 4) is 0 Å². The zero-order valence-electron chi connectivity index (χ0n) is 18.8. The zero-order chi connectivity index (χ0) is 22.6. The van der Waals surface area contributed by atoms with Crippen molar-refractivity contribution in [2.75, 3.05) is 6.61 Å². The normalized spacial score (nSPS) is 25.5. The van der Waals surface area contributed by atoms with E-state index < -0.39 is 8.25 Å². The van der Waals surface area contributed by atoms with Crippen molar-refractivity contribution in [2.45, 2.75) is 75.7 Å². The highest BCUT2D eigenvalue weighted by atomic mass is 31.1. The maximum Gasteiger partial charge on any atom is 0.694 e. The third-order valence-corrected chi connectivity index (χ3v) is 7.91. The van der Waals surface area contributed by atoms with E-state index in [1.165, 1.54) is 54.4 Å². The van der Waals surface area contributed by atoms with Gasteiger partial charge in [0.15, 0.2) is 0 Å². The van der Waals surface area contributed by atoms with Gasteiger partial charge in [0.2, 0.25) is 0 Å². The molecule has 2 aliphatic rings. The molecule has 0 aromatic heterocycles. The van der Waals surface area contributed by atoms with E-state index in [1.54, 1.807) is 0 Å². The zero-order valence-corrected chi connectivity index (χ0v) is 19.7. The second-order valence-electron chi connectivity index (χ2n) is 9.90. The van der Waals surface area contributed by atoms with Crippen LogP contribution >= 0.6 is 8.25 Å². The van der Waals surface area contributed by atoms with Crippen LogP contribution in [0.25, 0.3) is 0 Å². The fraction of sp³-hybridized carbons (Fsp3) is 0.538. The number of nitrogens with two attached hydrogens (primary N) is 1. The summed E-state index contributed by atoms with van der Waals surface area (Å²) in [6, 6.07) is 15.4. The van der Waals surface area contributed by atoms with E-state index in [0.29, 0.717) is 12.3 Å². The summed E-state index contributed by atoms with van der Waals surface area (Å²) in [5.74, 6) is 1.25. The third-order valence-electron chi connectivity index (χ3n) is 7.51. The monoisotopic (exact) mass is 450 g/mol. The average Bonchev–Trinajstić information content (AvgIpc) is 3.15. The van der Waals surface area contributed by atoms with Gasteiger partial charge in [0.05, 0.1) is 0 Å². The molecule has 0 bridgehead atoms. The number of fused-ring (bicyclic) bond motifs is 1. The lowest BCUT2D eigenvalue weighted by atomic mass is 9.79. The maximum absolute atomic E-state index is 10.7. The molecule has 0 saturated heterocycles. The van der Waals surface area contributed by atoms with E-state index in [-0.39, 0.29) is 12.1 Å². The Balaban J connectivity index is 1.28. The minimum atomic E-state index is -2.54. The van der Waals surface area contributed by atoms with Gasteiger partial charge in [-0.3, -0.25) is 0 Å². The van der Waals surface area contributed by atoms with Gasteiger partial charge >= 0.3 is 8.25 Å². The molecule has 2 aromatic carbocycles. The molecule has 0 aliphatic heterocycles. The molecule has 3 N–H and O–H groups in total. The first kappa shape index (κ1) is 23.6. The van der Waals surface area contributed by atoms with Gasteiger partial charge < -0.3 is 5.73 Å². The van der Waals surface area contributed by atoms with Gasteiger partial charge in [-0.1, -0.05) is 47.9 Å². The summed E-state index contributed by atoms with van der Waals surface area (Å²) in [6.07, 6.45) is 10.8. The van der Waals surface area contributed by atoms with Crippen LogP contribution in [0.3, 0.4) is 0 Å². The molecule has 32 heavy (non-hydrogen) atoms. The minimum absolute atomic E-state index is 0.248. The quantitative estimate of drug-likeness (QED) is 0.432. The third kappa shape index (κ3) is 6.29. The van der Waals surface area contributed by atoms with Gasteiger partial charge in [-0.15, -0.1) is 9.42 Å². The molecular formula is C26H34BNO3P+. The smallest absolute Gasteiger partial charge is 0.325 e. The Kier molecular flexibility index (Phi) is 7.84. The van der Waals surface area contributed by atoms with Crippen LogP contribution in [0.5, 0.6) is 0 Å². The van der Waals surface area contributed by atoms with Gasteiger partial charge in [0.1, 0.15) is 14.5 Å². The molecule has 2 unspecified atom stereocenters. The van der Waals surface area contributed by atoms with Gasteiger partial charge in [-0.05, 0) is 98.3 Å². The maximum atomic E-state index is 10.7. The second-order valence-corrected chi connectivity index (χ2v) is 10.6. The number of hydrogen-bond donors (Lipinski definition) is 2. The molecule has 168 valence electrons. The van der Waals surface area contributed by atoms with Crippen LogP contribution in [-0.4, -0.2) is 24.9 Å². The second kappa shape index (κ2) is 10.6. The molecule has 4 nitrogen and oxygen atoms in total. The summed E-state index contributed by atoms with van der Waals surface area (Å²) in [6.45, 7) is 0.248. The van der Waals surface area contributed by atoms with E-state index in [4.69, 9.17) is 23.0 Å². The number of benzene rings is 2. The van der Waals surface area contributed by atoms with Gasteiger partial charge in [0.25, 0.3) is 0 Å². The summed E-state index contributed by atoms with van der Waals surface area (Å²) < 4.78 is 15.6. The van der Waals surface area contributed by atoms with Crippen molar-refractivity contribution in [1.29, 1.82) is 0 Å². The van der Waals surface area contributed by atoms with E-state index >= 15 is 0 Å². The predicted octanol–water partition coefficient (Wildman–Crippen LogP) is 4.63. The van der Waals surface area contributed by atoms with E-state index in [2.05, 4.69) is 30.3 Å². The van der Waals surface area contributed by atoms with Gasteiger partial charge in [-0.25, -0.2) is 0 Å². The predicted molar refractivity (Wildman–Crippen MR) is 131 cm³/mol. The summed E-state index contributed by atoms with van der Waals surface area (Å²) in [5, 5.41) is 0. The average molecular weight is 450 g/mol. The Morgan fingerprint density at radius 2 is 2.06 bits per heavy atom. The molecule has 1 fully saturated rings. The molecule has 0 amide bonds. The fourth-order valence-corrected chi connectivity index (χ4v) is 5.94. The highest BCUT2D eigenvalue weighted by Crippen LogP contribution is 2.42. The van der Waals surface area contributed by atoms with Crippen LogP contribution in [0.15, 0.2) is 42.5 Å². The summed E-state index contributed by atoms with van der Waals surface area (Å²) in [4.78, 5) is 8.82. The van der Waals surface area contributed by atoms with E-state index in [0.717, 1.165) is 37.1 Å². The lowest BCUT2D eigenvalue weighted by Crippen LogP contribution is -2.37. The Morgan fingerprint density at radius 1 is 1.19 bits per heavy atom. The molecular weight excluding hydrogens is 416 g/mol. The first-order valence-corrected chi connectivity index (χ1v) is 13.1. The van der Waals surface area contributed by atoms with Crippen molar-refractivity contribution < 1.29 is 14.0 Å². The van der Waals surface area contributed by atoms with Crippen molar-refractivity contribution in [3.05, 3.63) is 64.7 Å². The minimum Gasteiger partial charge on any atom is -0.325 e. The summed E-state index contributed by atoms with van der Waals surface area (Å²) in [7, 11) is 3.36. The number of hydrogen-bond acceptors (Lipinski definition) is 3. The van der Waals surface area contributed by atoms with Gasteiger partial charge in [0, 0.05) is 10.1 Å². The first-order chi connectivity index (χ1) is 15.4. The molecule has 1 saturated carbocycles. The van der Waals surface area contributed by atoms with Crippen molar-refractivity contribution in [2.24, 2.45) is 11.7 Å². The molecule has 2 aliphatic carbocycles. The lowest BCUT2D eigenvalue weighted by Gasteiger charge is -2.26. The number of aryl methyl sites for hydroxylation is 2. The van der Waals surface area contributed by atoms with Crippen molar-refractivity contribution in [3.63, 3.8) is 0 Å². The van der Waals surface area contributed by atoms with Crippen LogP contribution in [0.1, 0.15) is 73.1 Å². The van der Waals surface area contributed by atoms with E-state index in [9.17, 15) is 4.57 Å². The Labute approximate surface area is 194 Å². The molecule has 0 heterocycles. The largest absolute Gasteiger partial charge is 0.694 e. The highest BCUT2D eigenvalue weighted by Gasteiger charge is 2.37. The van der Waals surface area contributed by atoms with Crippen LogP contribution in [-0.2, 0) is 28.4 Å². The molecule has 4 rings (SSSR count). The van der Waals surface area contributed by atoms with Crippen LogP contribution in [0.4, 0.5) is 0 Å². The van der Waals surface area contributed by atoms with Crippen LogP contribution in [0.2, 0.25) is 0 Å². The number of rotatable bonds is 9. The van der Waals surface area contributed by atoms with Crippen LogP contribution < -0.4 is 11.2 Å². The fourth-order valence-electron chi connectivity index (χ4n) is 5.69. The summed E-state index contributed by atoms with van der Waals surface area (Å²) >= 11 is 0. The molecule has 2 aromatic rings. The highest BCUT2D eigenvalue weighted by molar-refractivity contribution is 7.32. The van der Waals surface area contributed by atoms with Crippen LogP contribution in [0, 0.1) is 5.92 Å². The Morgan fingerprint density at radius 3 is 2.88 bits per heavy atom. The first-order valence-electron chi connectivity index (χ1n) is 11.9. The SMILES string of the molecule is [B]c1cccc(CCCC2CCc3cc([C@@H]4CC[C@](N)(CCO[P+](=O)O)C4)ccc3C2)c1. The van der Waals surface area contributed by atoms with E-state index in [1.807, 2.05) is 12.1 Å².